The Bertz CT molecular complexity index is 940. The summed E-state index contributed by atoms with van der Waals surface area (Å²) in [5.74, 6) is 0.0311. The molecular weight excluding hydrogens is 348 g/mol. The molecule has 1 aliphatic rings. The molecule has 1 atom stereocenters. The molecule has 1 unspecified atom stereocenters. The Balaban J connectivity index is 1.69. The number of likely N-dealkylation sites (N-methyl/N-ethyl adjacent to an activating group) is 1. The lowest BCUT2D eigenvalue weighted by Gasteiger charge is -2.23. The first-order valence-corrected chi connectivity index (χ1v) is 9.78. The van der Waals surface area contributed by atoms with Gasteiger partial charge in [-0.25, -0.2) is 0 Å². The highest BCUT2D eigenvalue weighted by Gasteiger charge is 2.27. The van der Waals surface area contributed by atoms with Crippen LogP contribution in [0.4, 0.5) is 0 Å². The van der Waals surface area contributed by atoms with Crippen molar-refractivity contribution in [1.82, 2.24) is 20.0 Å². The second-order valence-corrected chi connectivity index (χ2v) is 7.50. The van der Waals surface area contributed by atoms with Crippen molar-refractivity contribution in [3.05, 3.63) is 77.5 Å². The lowest BCUT2D eigenvalue weighted by atomic mass is 10.1. The van der Waals surface area contributed by atoms with E-state index in [4.69, 9.17) is 5.10 Å². The molecule has 1 fully saturated rings. The van der Waals surface area contributed by atoms with Gasteiger partial charge < -0.3 is 10.2 Å². The first kappa shape index (κ1) is 18.4. The zero-order valence-electron chi connectivity index (χ0n) is 16.4. The number of nitrogens with one attached hydrogen (secondary N) is 1. The first-order chi connectivity index (χ1) is 13.6. The predicted molar refractivity (Wildman–Crippen MR) is 111 cm³/mol. The smallest absolute Gasteiger partial charge is 0.257 e. The standard InChI is InChI=1S/C23H26N4O/c1-17-8-10-19(11-9-17)22-21(23(28)26(2)20-12-13-24-14-20)16-27(25-22)15-18-6-4-3-5-7-18/h3-11,16,20,24H,12-15H2,1-2H3. The minimum absolute atomic E-state index is 0.0311. The van der Waals surface area contributed by atoms with Crippen molar-refractivity contribution in [2.24, 2.45) is 0 Å². The SMILES string of the molecule is Cc1ccc(-c2nn(Cc3ccccc3)cc2C(=O)N(C)C2CCNC2)cc1. The van der Waals surface area contributed by atoms with E-state index in [2.05, 4.69) is 36.5 Å². The van der Waals surface area contributed by atoms with Crippen molar-refractivity contribution in [1.29, 1.82) is 0 Å². The molecular formula is C23H26N4O. The molecule has 4 rings (SSSR count). The van der Waals surface area contributed by atoms with Gasteiger partial charge in [-0.3, -0.25) is 9.48 Å². The molecule has 144 valence electrons. The number of carbonyl (C=O) groups excluding carboxylic acids is 1. The molecule has 0 spiro atoms. The summed E-state index contributed by atoms with van der Waals surface area (Å²) in [5, 5.41) is 8.12. The van der Waals surface area contributed by atoms with Gasteiger partial charge in [0.05, 0.1) is 12.1 Å². The Hall–Kier alpha value is -2.92. The van der Waals surface area contributed by atoms with Gasteiger partial charge in [-0.15, -0.1) is 0 Å². The predicted octanol–water partition coefficient (Wildman–Crippen LogP) is 3.34. The van der Waals surface area contributed by atoms with Crippen LogP contribution in [0.1, 0.15) is 27.9 Å². The zero-order chi connectivity index (χ0) is 19.5. The number of aryl methyl sites for hydroxylation is 1. The summed E-state index contributed by atoms with van der Waals surface area (Å²) in [7, 11) is 1.90. The number of amides is 1. The summed E-state index contributed by atoms with van der Waals surface area (Å²) in [4.78, 5) is 15.2. The average Bonchev–Trinajstić information content (AvgIpc) is 3.38. The number of nitrogens with zero attached hydrogens (tertiary/aromatic N) is 3. The molecule has 28 heavy (non-hydrogen) atoms. The van der Waals surface area contributed by atoms with Gasteiger partial charge in [0.25, 0.3) is 5.91 Å². The van der Waals surface area contributed by atoms with Crippen molar-refractivity contribution in [2.75, 3.05) is 20.1 Å². The maximum Gasteiger partial charge on any atom is 0.257 e. The van der Waals surface area contributed by atoms with Crippen molar-refractivity contribution < 1.29 is 4.79 Å². The summed E-state index contributed by atoms with van der Waals surface area (Å²) in [6.07, 6.45) is 2.88. The van der Waals surface area contributed by atoms with Gasteiger partial charge in [-0.2, -0.15) is 5.10 Å². The molecule has 0 bridgehead atoms. The van der Waals surface area contributed by atoms with Gasteiger partial charge in [0.1, 0.15) is 5.69 Å². The van der Waals surface area contributed by atoms with Gasteiger partial charge in [0.2, 0.25) is 0 Å². The van der Waals surface area contributed by atoms with E-state index in [1.54, 1.807) is 0 Å². The molecule has 0 saturated carbocycles. The van der Waals surface area contributed by atoms with Crippen molar-refractivity contribution in [3.63, 3.8) is 0 Å². The second-order valence-electron chi connectivity index (χ2n) is 7.50. The third kappa shape index (κ3) is 3.85. The number of hydrogen-bond acceptors (Lipinski definition) is 3. The van der Waals surface area contributed by atoms with E-state index in [-0.39, 0.29) is 11.9 Å². The summed E-state index contributed by atoms with van der Waals surface area (Å²) in [5.41, 5.74) is 4.73. The molecule has 2 aromatic carbocycles. The summed E-state index contributed by atoms with van der Waals surface area (Å²) in [6.45, 7) is 4.51. The molecule has 5 nitrogen and oxygen atoms in total. The summed E-state index contributed by atoms with van der Waals surface area (Å²) in [6, 6.07) is 18.6. The number of hydrogen-bond donors (Lipinski definition) is 1. The Morgan fingerprint density at radius 1 is 1.18 bits per heavy atom. The molecule has 0 aliphatic carbocycles. The van der Waals surface area contributed by atoms with Crippen LogP contribution in [0.2, 0.25) is 0 Å². The lowest BCUT2D eigenvalue weighted by Crippen LogP contribution is -2.38. The van der Waals surface area contributed by atoms with Crippen LogP contribution in [0.15, 0.2) is 60.8 Å². The molecule has 1 saturated heterocycles. The number of rotatable bonds is 5. The molecule has 2 heterocycles. The number of benzene rings is 2. The van der Waals surface area contributed by atoms with Crippen LogP contribution in [0.25, 0.3) is 11.3 Å². The average molecular weight is 374 g/mol. The van der Waals surface area contributed by atoms with Crippen LogP contribution in [-0.2, 0) is 6.54 Å². The Labute approximate surface area is 166 Å². The topological polar surface area (TPSA) is 50.2 Å². The second kappa shape index (κ2) is 7.98. The number of carbonyl (C=O) groups is 1. The maximum absolute atomic E-state index is 13.3. The van der Waals surface area contributed by atoms with Gasteiger partial charge in [0, 0.05) is 31.4 Å². The minimum Gasteiger partial charge on any atom is -0.337 e. The quantitative estimate of drug-likeness (QED) is 0.745. The van der Waals surface area contributed by atoms with Gasteiger partial charge in [-0.05, 0) is 25.5 Å². The van der Waals surface area contributed by atoms with E-state index in [0.29, 0.717) is 12.1 Å². The van der Waals surface area contributed by atoms with Crippen molar-refractivity contribution in [2.45, 2.75) is 25.9 Å². The van der Waals surface area contributed by atoms with Crippen LogP contribution in [-0.4, -0.2) is 46.8 Å². The van der Waals surface area contributed by atoms with Crippen molar-refractivity contribution in [3.8, 4) is 11.3 Å². The van der Waals surface area contributed by atoms with Gasteiger partial charge in [0.15, 0.2) is 0 Å². The van der Waals surface area contributed by atoms with Crippen LogP contribution in [0, 0.1) is 6.92 Å². The largest absolute Gasteiger partial charge is 0.337 e. The monoisotopic (exact) mass is 374 g/mol. The molecule has 0 radical (unpaired) electrons. The van der Waals surface area contributed by atoms with E-state index in [0.717, 1.165) is 36.3 Å². The molecule has 1 aromatic heterocycles. The highest BCUT2D eigenvalue weighted by molar-refractivity contribution is 5.99. The van der Waals surface area contributed by atoms with Crippen LogP contribution >= 0.6 is 0 Å². The molecule has 5 heteroatoms. The Kier molecular flexibility index (Phi) is 5.26. The summed E-state index contributed by atoms with van der Waals surface area (Å²) < 4.78 is 1.87. The van der Waals surface area contributed by atoms with Crippen LogP contribution in [0.3, 0.4) is 0 Å². The normalized spacial score (nSPS) is 16.3. The lowest BCUT2D eigenvalue weighted by molar-refractivity contribution is 0.0744. The van der Waals surface area contributed by atoms with Crippen molar-refractivity contribution >= 4 is 5.91 Å². The minimum atomic E-state index is 0.0311. The van der Waals surface area contributed by atoms with E-state index in [9.17, 15) is 4.79 Å². The molecule has 1 N–H and O–H groups in total. The van der Waals surface area contributed by atoms with E-state index < -0.39 is 0 Å². The molecule has 1 aliphatic heterocycles. The van der Waals surface area contributed by atoms with Gasteiger partial charge >= 0.3 is 0 Å². The Morgan fingerprint density at radius 2 is 1.93 bits per heavy atom. The van der Waals surface area contributed by atoms with Crippen LogP contribution < -0.4 is 5.32 Å². The highest BCUT2D eigenvalue weighted by Crippen LogP contribution is 2.25. The van der Waals surface area contributed by atoms with Crippen LogP contribution in [0.5, 0.6) is 0 Å². The van der Waals surface area contributed by atoms with Gasteiger partial charge in [-0.1, -0.05) is 60.2 Å². The fourth-order valence-corrected chi connectivity index (χ4v) is 3.68. The third-order valence-corrected chi connectivity index (χ3v) is 5.41. The molecule has 1 amide bonds. The molecule has 3 aromatic rings. The highest BCUT2D eigenvalue weighted by atomic mass is 16.2. The third-order valence-electron chi connectivity index (χ3n) is 5.41. The number of aromatic nitrogens is 2. The van der Waals surface area contributed by atoms with E-state index in [1.165, 1.54) is 5.56 Å². The fraction of sp³-hybridized carbons (Fsp3) is 0.304. The van der Waals surface area contributed by atoms with E-state index in [1.807, 2.05) is 53.2 Å². The van der Waals surface area contributed by atoms with E-state index >= 15 is 0 Å². The fourth-order valence-electron chi connectivity index (χ4n) is 3.68. The zero-order valence-corrected chi connectivity index (χ0v) is 16.4. The first-order valence-electron chi connectivity index (χ1n) is 9.78. The maximum atomic E-state index is 13.3. The Morgan fingerprint density at radius 3 is 2.61 bits per heavy atom. The summed E-state index contributed by atoms with van der Waals surface area (Å²) >= 11 is 0.